The third-order valence-electron chi connectivity index (χ3n) is 5.42. The van der Waals surface area contributed by atoms with Gasteiger partial charge in [0, 0.05) is 30.2 Å². The van der Waals surface area contributed by atoms with E-state index in [1.165, 1.54) is 7.11 Å². The maximum Gasteiger partial charge on any atom is 0.513 e. The third kappa shape index (κ3) is 6.61. The SMILES string of the molecule is CCOC(=O)Oc1ccc(C(=O)NCC2CCN(C(=O)c3cc(Cl)ccc3OC)CC2)cc1. The number of benzene rings is 2. The van der Waals surface area contributed by atoms with E-state index in [0.717, 1.165) is 12.8 Å². The average molecular weight is 475 g/mol. The minimum Gasteiger partial charge on any atom is -0.496 e. The molecular formula is C24H27ClN2O6. The van der Waals surface area contributed by atoms with Gasteiger partial charge in [0.1, 0.15) is 11.5 Å². The van der Waals surface area contributed by atoms with Crippen molar-refractivity contribution in [1.82, 2.24) is 10.2 Å². The molecule has 1 saturated heterocycles. The van der Waals surface area contributed by atoms with E-state index in [-0.39, 0.29) is 24.3 Å². The molecule has 2 aromatic carbocycles. The molecule has 33 heavy (non-hydrogen) atoms. The van der Waals surface area contributed by atoms with Gasteiger partial charge in [-0.3, -0.25) is 9.59 Å². The van der Waals surface area contributed by atoms with Crippen LogP contribution in [0.1, 0.15) is 40.5 Å². The van der Waals surface area contributed by atoms with Crippen LogP contribution in [-0.4, -0.2) is 56.2 Å². The predicted molar refractivity (Wildman–Crippen MR) is 123 cm³/mol. The van der Waals surface area contributed by atoms with Crippen LogP contribution in [0.25, 0.3) is 0 Å². The zero-order valence-corrected chi connectivity index (χ0v) is 19.4. The van der Waals surface area contributed by atoms with Crippen LogP contribution in [-0.2, 0) is 4.74 Å². The number of hydrogen-bond acceptors (Lipinski definition) is 6. The molecule has 8 nitrogen and oxygen atoms in total. The summed E-state index contributed by atoms with van der Waals surface area (Å²) in [6.45, 7) is 3.61. The van der Waals surface area contributed by atoms with E-state index in [0.29, 0.717) is 47.3 Å². The second-order valence-electron chi connectivity index (χ2n) is 7.60. The van der Waals surface area contributed by atoms with Crippen molar-refractivity contribution < 1.29 is 28.6 Å². The van der Waals surface area contributed by atoms with Crippen LogP contribution in [0.5, 0.6) is 11.5 Å². The number of hydrogen-bond donors (Lipinski definition) is 1. The first-order valence-corrected chi connectivity index (χ1v) is 11.1. The lowest BCUT2D eigenvalue weighted by atomic mass is 9.96. The maximum atomic E-state index is 12.9. The number of likely N-dealkylation sites (tertiary alicyclic amines) is 1. The van der Waals surface area contributed by atoms with Crippen molar-refractivity contribution in [1.29, 1.82) is 0 Å². The van der Waals surface area contributed by atoms with E-state index in [2.05, 4.69) is 5.32 Å². The number of nitrogens with one attached hydrogen (secondary N) is 1. The van der Waals surface area contributed by atoms with E-state index >= 15 is 0 Å². The Morgan fingerprint density at radius 3 is 2.42 bits per heavy atom. The number of carbonyl (C=O) groups is 3. The molecule has 1 aliphatic rings. The summed E-state index contributed by atoms with van der Waals surface area (Å²) in [5.74, 6) is 0.753. The van der Waals surface area contributed by atoms with Crippen molar-refractivity contribution in [2.45, 2.75) is 19.8 Å². The van der Waals surface area contributed by atoms with E-state index in [9.17, 15) is 14.4 Å². The molecule has 1 heterocycles. The smallest absolute Gasteiger partial charge is 0.496 e. The summed E-state index contributed by atoms with van der Waals surface area (Å²) in [4.78, 5) is 38.5. The van der Waals surface area contributed by atoms with Crippen LogP contribution in [0.2, 0.25) is 5.02 Å². The Labute approximate surface area is 197 Å². The van der Waals surface area contributed by atoms with Crippen LogP contribution in [0.15, 0.2) is 42.5 Å². The standard InChI is InChI=1S/C24H27ClN2O6/c1-3-32-24(30)33-19-7-4-17(5-8-19)22(28)26-15-16-10-12-27(13-11-16)23(29)20-14-18(25)6-9-21(20)31-2/h4-9,14,16H,3,10-13,15H2,1-2H3,(H,26,28). The van der Waals surface area contributed by atoms with Gasteiger partial charge in [0.15, 0.2) is 0 Å². The average Bonchev–Trinajstić information content (AvgIpc) is 2.83. The molecule has 1 aliphatic heterocycles. The van der Waals surface area contributed by atoms with Gasteiger partial charge in [-0.15, -0.1) is 0 Å². The lowest BCUT2D eigenvalue weighted by Gasteiger charge is -2.32. The highest BCUT2D eigenvalue weighted by molar-refractivity contribution is 6.31. The Bertz CT molecular complexity index is 987. The highest BCUT2D eigenvalue weighted by atomic mass is 35.5. The number of nitrogens with zero attached hydrogens (tertiary/aromatic N) is 1. The molecule has 9 heteroatoms. The molecule has 1 fully saturated rings. The highest BCUT2D eigenvalue weighted by Gasteiger charge is 2.26. The molecule has 0 spiro atoms. The van der Waals surface area contributed by atoms with Crippen molar-refractivity contribution in [2.24, 2.45) is 5.92 Å². The van der Waals surface area contributed by atoms with Gasteiger partial charge in [-0.1, -0.05) is 11.6 Å². The fraction of sp³-hybridized carbons (Fsp3) is 0.375. The number of carbonyl (C=O) groups excluding carboxylic acids is 3. The zero-order chi connectivity index (χ0) is 23.8. The van der Waals surface area contributed by atoms with Gasteiger partial charge in [0.05, 0.1) is 19.3 Å². The zero-order valence-electron chi connectivity index (χ0n) is 18.6. The first kappa shape index (κ1) is 24.4. The van der Waals surface area contributed by atoms with E-state index in [4.69, 9.17) is 25.8 Å². The Morgan fingerprint density at radius 1 is 1.09 bits per heavy atom. The Morgan fingerprint density at radius 2 is 1.79 bits per heavy atom. The van der Waals surface area contributed by atoms with Crippen LogP contribution >= 0.6 is 11.6 Å². The largest absolute Gasteiger partial charge is 0.513 e. The van der Waals surface area contributed by atoms with Gasteiger partial charge < -0.3 is 24.4 Å². The third-order valence-corrected chi connectivity index (χ3v) is 5.66. The summed E-state index contributed by atoms with van der Waals surface area (Å²) in [5.41, 5.74) is 0.916. The number of piperidine rings is 1. The van der Waals surface area contributed by atoms with Crippen molar-refractivity contribution >= 4 is 29.6 Å². The molecule has 0 aromatic heterocycles. The number of rotatable bonds is 7. The normalized spacial score (nSPS) is 13.8. The summed E-state index contributed by atoms with van der Waals surface area (Å²) in [6.07, 6.45) is 0.774. The molecule has 0 radical (unpaired) electrons. The summed E-state index contributed by atoms with van der Waals surface area (Å²) >= 11 is 6.05. The molecular weight excluding hydrogens is 448 g/mol. The molecule has 0 unspecified atom stereocenters. The molecule has 2 aromatic rings. The van der Waals surface area contributed by atoms with Crippen LogP contribution in [0, 0.1) is 5.92 Å². The van der Waals surface area contributed by atoms with E-state index in [1.54, 1.807) is 54.3 Å². The second kappa shape index (κ2) is 11.6. The summed E-state index contributed by atoms with van der Waals surface area (Å²) in [6, 6.07) is 11.3. The Balaban J connectivity index is 1.47. The molecule has 1 N–H and O–H groups in total. The van der Waals surface area contributed by atoms with Gasteiger partial charge in [-0.2, -0.15) is 0 Å². The first-order chi connectivity index (χ1) is 15.9. The number of amides is 2. The van der Waals surface area contributed by atoms with Gasteiger partial charge in [-0.05, 0) is 68.1 Å². The monoisotopic (exact) mass is 474 g/mol. The fourth-order valence-electron chi connectivity index (χ4n) is 3.61. The maximum absolute atomic E-state index is 12.9. The number of halogens is 1. The highest BCUT2D eigenvalue weighted by Crippen LogP contribution is 2.26. The summed E-state index contributed by atoms with van der Waals surface area (Å²) in [5, 5.41) is 3.42. The minimum atomic E-state index is -0.784. The molecule has 0 aliphatic carbocycles. The lowest BCUT2D eigenvalue weighted by molar-refractivity contribution is 0.0681. The minimum absolute atomic E-state index is 0.109. The lowest BCUT2D eigenvalue weighted by Crippen LogP contribution is -2.41. The summed E-state index contributed by atoms with van der Waals surface area (Å²) < 4.78 is 15.0. The first-order valence-electron chi connectivity index (χ1n) is 10.8. The fourth-order valence-corrected chi connectivity index (χ4v) is 3.79. The topological polar surface area (TPSA) is 94.2 Å². The molecule has 0 bridgehead atoms. The Kier molecular flexibility index (Phi) is 8.54. The quantitative estimate of drug-likeness (QED) is 0.478. The second-order valence-corrected chi connectivity index (χ2v) is 8.04. The van der Waals surface area contributed by atoms with E-state index < -0.39 is 6.16 Å². The number of ether oxygens (including phenoxy) is 3. The van der Waals surface area contributed by atoms with Crippen molar-refractivity contribution in [3.05, 3.63) is 58.6 Å². The van der Waals surface area contributed by atoms with E-state index in [1.807, 2.05) is 0 Å². The van der Waals surface area contributed by atoms with Gasteiger partial charge in [-0.25, -0.2) is 4.79 Å². The van der Waals surface area contributed by atoms with Gasteiger partial charge in [0.2, 0.25) is 0 Å². The molecule has 3 rings (SSSR count). The van der Waals surface area contributed by atoms with Crippen molar-refractivity contribution in [3.63, 3.8) is 0 Å². The molecule has 0 atom stereocenters. The van der Waals surface area contributed by atoms with Crippen LogP contribution in [0.3, 0.4) is 0 Å². The van der Waals surface area contributed by atoms with Crippen LogP contribution < -0.4 is 14.8 Å². The van der Waals surface area contributed by atoms with Crippen molar-refractivity contribution in [3.8, 4) is 11.5 Å². The number of methoxy groups -OCH3 is 1. The molecule has 176 valence electrons. The molecule has 2 amide bonds. The van der Waals surface area contributed by atoms with Crippen molar-refractivity contribution in [2.75, 3.05) is 33.4 Å². The van der Waals surface area contributed by atoms with Gasteiger partial charge >= 0.3 is 6.16 Å². The Hall–Kier alpha value is -3.26. The van der Waals surface area contributed by atoms with Crippen LogP contribution in [0.4, 0.5) is 4.79 Å². The molecule has 0 saturated carbocycles. The predicted octanol–water partition coefficient (Wildman–Crippen LogP) is 4.17. The summed E-state index contributed by atoms with van der Waals surface area (Å²) in [7, 11) is 1.52. The van der Waals surface area contributed by atoms with Gasteiger partial charge in [0.25, 0.3) is 11.8 Å².